The molecule has 188 valence electrons. The lowest BCUT2D eigenvalue weighted by atomic mass is 9.73. The molecule has 4 heteroatoms. The van der Waals surface area contributed by atoms with Gasteiger partial charge in [-0.05, 0) is 84.7 Å². The topological polar surface area (TPSA) is 52.6 Å². The molecular weight excluding hydrogens is 436 g/mol. The molecule has 1 fully saturated rings. The molecule has 2 aromatic carbocycles. The molecule has 0 bridgehead atoms. The van der Waals surface area contributed by atoms with Crippen molar-refractivity contribution in [3.63, 3.8) is 0 Å². The Hall–Kier alpha value is -2.88. The highest BCUT2D eigenvalue weighted by Crippen LogP contribution is 2.35. The molecule has 3 rings (SSSR count). The zero-order chi connectivity index (χ0) is 25.2. The fourth-order valence-electron chi connectivity index (χ4n) is 4.58. The molecule has 2 aromatic rings. The molecule has 0 unspecified atom stereocenters. The van der Waals surface area contributed by atoms with Crippen LogP contribution in [0.25, 0.3) is 6.08 Å². The summed E-state index contributed by atoms with van der Waals surface area (Å²) in [5.41, 5.74) is 2.30. The molecule has 0 aromatic heterocycles. The number of allylic oxidation sites excluding steroid dienone is 1. The van der Waals surface area contributed by atoms with E-state index in [1.54, 1.807) is 24.3 Å². The van der Waals surface area contributed by atoms with Crippen LogP contribution in [0.2, 0.25) is 0 Å². The number of esters is 1. The lowest BCUT2D eigenvalue weighted by Gasteiger charge is -2.30. The SMILES string of the molecule is CCCCCCCOc1ccc(OC(=O)c2ccc(/C=C3/C(=O)[C@@H](C(C)C)CC[C@H]3C)cc2)cc1. The van der Waals surface area contributed by atoms with Gasteiger partial charge in [0.2, 0.25) is 0 Å². The predicted molar refractivity (Wildman–Crippen MR) is 142 cm³/mol. The first kappa shape index (κ1) is 26.7. The van der Waals surface area contributed by atoms with E-state index in [1.165, 1.54) is 25.7 Å². The monoisotopic (exact) mass is 476 g/mol. The summed E-state index contributed by atoms with van der Waals surface area (Å²) in [6.45, 7) is 9.27. The molecule has 4 nitrogen and oxygen atoms in total. The maximum absolute atomic E-state index is 12.9. The van der Waals surface area contributed by atoms with Gasteiger partial charge in [-0.25, -0.2) is 4.79 Å². The van der Waals surface area contributed by atoms with Gasteiger partial charge in [0.05, 0.1) is 12.2 Å². The maximum Gasteiger partial charge on any atom is 0.343 e. The van der Waals surface area contributed by atoms with Gasteiger partial charge in [0.1, 0.15) is 11.5 Å². The van der Waals surface area contributed by atoms with E-state index in [-0.39, 0.29) is 17.6 Å². The van der Waals surface area contributed by atoms with Crippen molar-refractivity contribution in [1.29, 1.82) is 0 Å². The maximum atomic E-state index is 12.9. The van der Waals surface area contributed by atoms with Crippen molar-refractivity contribution in [2.24, 2.45) is 17.8 Å². The first-order chi connectivity index (χ1) is 16.9. The van der Waals surface area contributed by atoms with Gasteiger partial charge in [0, 0.05) is 5.92 Å². The van der Waals surface area contributed by atoms with Crippen LogP contribution in [0.1, 0.15) is 88.6 Å². The molecule has 0 aliphatic heterocycles. The van der Waals surface area contributed by atoms with Gasteiger partial charge >= 0.3 is 5.97 Å². The highest BCUT2D eigenvalue weighted by atomic mass is 16.5. The molecule has 0 heterocycles. The molecule has 2 atom stereocenters. The normalized spacial score (nSPS) is 19.2. The van der Waals surface area contributed by atoms with E-state index in [4.69, 9.17) is 9.47 Å². The van der Waals surface area contributed by atoms with Crippen molar-refractivity contribution in [2.45, 2.75) is 72.6 Å². The number of benzene rings is 2. The van der Waals surface area contributed by atoms with Crippen LogP contribution in [0.4, 0.5) is 0 Å². The third-order valence-corrected chi connectivity index (χ3v) is 6.89. The van der Waals surface area contributed by atoms with Crippen molar-refractivity contribution >= 4 is 17.8 Å². The molecule has 0 spiro atoms. The van der Waals surface area contributed by atoms with Crippen LogP contribution in [0.3, 0.4) is 0 Å². The van der Waals surface area contributed by atoms with Gasteiger partial charge in [-0.2, -0.15) is 0 Å². The number of Topliss-reactive ketones (excluding diaryl/α,β-unsaturated/α-hetero) is 1. The second-order valence-corrected chi connectivity index (χ2v) is 10.0. The molecule has 0 amide bonds. The van der Waals surface area contributed by atoms with E-state index in [9.17, 15) is 9.59 Å². The molecule has 1 aliphatic rings. The van der Waals surface area contributed by atoms with E-state index in [2.05, 4.69) is 27.7 Å². The number of rotatable bonds is 11. The van der Waals surface area contributed by atoms with E-state index >= 15 is 0 Å². The van der Waals surface area contributed by atoms with Crippen LogP contribution in [-0.2, 0) is 4.79 Å². The molecule has 0 saturated heterocycles. The average Bonchev–Trinajstić information content (AvgIpc) is 2.85. The van der Waals surface area contributed by atoms with Gasteiger partial charge in [-0.3, -0.25) is 4.79 Å². The Bertz CT molecular complexity index is 986. The van der Waals surface area contributed by atoms with Gasteiger partial charge in [-0.1, -0.05) is 65.5 Å². The molecule has 35 heavy (non-hydrogen) atoms. The van der Waals surface area contributed by atoms with Crippen LogP contribution in [0, 0.1) is 17.8 Å². The second-order valence-electron chi connectivity index (χ2n) is 10.0. The van der Waals surface area contributed by atoms with Crippen LogP contribution in [-0.4, -0.2) is 18.4 Å². The van der Waals surface area contributed by atoms with Crippen molar-refractivity contribution in [3.8, 4) is 11.5 Å². The Morgan fingerprint density at radius 1 is 0.943 bits per heavy atom. The Morgan fingerprint density at radius 3 is 2.26 bits per heavy atom. The summed E-state index contributed by atoms with van der Waals surface area (Å²) in [4.78, 5) is 25.5. The average molecular weight is 477 g/mol. The fourth-order valence-corrected chi connectivity index (χ4v) is 4.58. The summed E-state index contributed by atoms with van der Waals surface area (Å²) in [6.07, 6.45) is 9.99. The third kappa shape index (κ3) is 7.81. The number of ether oxygens (including phenoxy) is 2. The Balaban J connectivity index is 1.54. The van der Waals surface area contributed by atoms with Crippen LogP contribution < -0.4 is 9.47 Å². The fraction of sp³-hybridized carbons (Fsp3) is 0.484. The molecule has 0 radical (unpaired) electrons. The summed E-state index contributed by atoms with van der Waals surface area (Å²) >= 11 is 0. The van der Waals surface area contributed by atoms with Crippen LogP contribution in [0.5, 0.6) is 11.5 Å². The number of carbonyl (C=O) groups is 2. The smallest absolute Gasteiger partial charge is 0.343 e. The minimum absolute atomic E-state index is 0.106. The molecule has 1 aliphatic carbocycles. The summed E-state index contributed by atoms with van der Waals surface area (Å²) in [6, 6.07) is 14.4. The minimum Gasteiger partial charge on any atom is -0.494 e. The van der Waals surface area contributed by atoms with Gasteiger partial charge in [0.25, 0.3) is 0 Å². The van der Waals surface area contributed by atoms with E-state index in [1.807, 2.05) is 30.3 Å². The van der Waals surface area contributed by atoms with Crippen molar-refractivity contribution < 1.29 is 19.1 Å². The minimum atomic E-state index is -0.407. The second kappa shape index (κ2) is 13.3. The first-order valence-corrected chi connectivity index (χ1v) is 13.2. The van der Waals surface area contributed by atoms with Crippen molar-refractivity contribution in [2.75, 3.05) is 6.61 Å². The number of hydrogen-bond acceptors (Lipinski definition) is 4. The summed E-state index contributed by atoms with van der Waals surface area (Å²) < 4.78 is 11.3. The quantitative estimate of drug-likeness (QED) is 0.143. The van der Waals surface area contributed by atoms with Crippen molar-refractivity contribution in [3.05, 3.63) is 65.2 Å². The lowest BCUT2D eigenvalue weighted by Crippen LogP contribution is -2.30. The van der Waals surface area contributed by atoms with Gasteiger partial charge in [-0.15, -0.1) is 0 Å². The first-order valence-electron chi connectivity index (χ1n) is 13.2. The molecule has 1 saturated carbocycles. The van der Waals surface area contributed by atoms with Gasteiger partial charge in [0.15, 0.2) is 5.78 Å². The van der Waals surface area contributed by atoms with Crippen LogP contribution >= 0.6 is 0 Å². The zero-order valence-corrected chi connectivity index (χ0v) is 21.7. The Labute approximate surface area is 210 Å². The lowest BCUT2D eigenvalue weighted by molar-refractivity contribution is -0.122. The highest BCUT2D eigenvalue weighted by Gasteiger charge is 2.32. The number of carbonyl (C=O) groups excluding carboxylic acids is 2. The summed E-state index contributed by atoms with van der Waals surface area (Å²) in [5.74, 6) is 1.85. The van der Waals surface area contributed by atoms with Crippen LogP contribution in [0.15, 0.2) is 54.1 Å². The Morgan fingerprint density at radius 2 is 1.60 bits per heavy atom. The highest BCUT2D eigenvalue weighted by molar-refractivity contribution is 6.02. The van der Waals surface area contributed by atoms with Crippen molar-refractivity contribution in [1.82, 2.24) is 0 Å². The summed E-state index contributed by atoms with van der Waals surface area (Å²) in [7, 11) is 0. The predicted octanol–water partition coefficient (Wildman–Crippen LogP) is 7.91. The number of hydrogen-bond donors (Lipinski definition) is 0. The van der Waals surface area contributed by atoms with E-state index < -0.39 is 5.97 Å². The molecule has 0 N–H and O–H groups in total. The van der Waals surface area contributed by atoms with E-state index in [0.717, 1.165) is 36.1 Å². The van der Waals surface area contributed by atoms with Gasteiger partial charge < -0.3 is 9.47 Å². The Kier molecular flexibility index (Phi) is 10.1. The number of unbranched alkanes of at least 4 members (excludes halogenated alkanes) is 4. The molecular formula is C31H40O4. The third-order valence-electron chi connectivity index (χ3n) is 6.89. The summed E-state index contributed by atoms with van der Waals surface area (Å²) in [5, 5.41) is 0. The zero-order valence-electron chi connectivity index (χ0n) is 21.7. The standard InChI is InChI=1S/C31H40O4/c1-5-6-7-8-9-20-34-26-15-17-27(18-16-26)35-31(33)25-13-11-24(12-14-25)21-29-23(4)10-19-28(22(2)3)30(29)32/h11-18,21-23,28H,5-10,19-20H2,1-4H3/b29-21+/t23-,28-/m1/s1. The van der Waals surface area contributed by atoms with E-state index in [0.29, 0.717) is 23.8 Å². The number of ketones is 1. The largest absolute Gasteiger partial charge is 0.494 e.